The molecule has 2 aliphatic rings. The lowest BCUT2D eigenvalue weighted by Gasteiger charge is -2.42. The molecule has 2 nitrogen and oxygen atoms in total. The van der Waals surface area contributed by atoms with Crippen LogP contribution in [-0.2, 0) is 6.54 Å². The van der Waals surface area contributed by atoms with Gasteiger partial charge in [0.05, 0.1) is 0 Å². The number of fused-ring (bicyclic) bond motifs is 1. The first-order valence-corrected chi connectivity index (χ1v) is 7.33. The molecule has 0 unspecified atom stereocenters. The second-order valence-electron chi connectivity index (χ2n) is 5.70. The van der Waals surface area contributed by atoms with Crippen LogP contribution in [0.2, 0.25) is 5.02 Å². The second-order valence-corrected chi connectivity index (χ2v) is 6.14. The predicted molar refractivity (Wildman–Crippen MR) is 75.9 cm³/mol. The summed E-state index contributed by atoms with van der Waals surface area (Å²) in [6.07, 6.45) is 2.75. The van der Waals surface area contributed by atoms with Gasteiger partial charge in [-0.1, -0.05) is 23.7 Å². The van der Waals surface area contributed by atoms with Crippen LogP contribution in [0.3, 0.4) is 0 Å². The summed E-state index contributed by atoms with van der Waals surface area (Å²) in [5.74, 6) is 0. The van der Waals surface area contributed by atoms with Gasteiger partial charge in [0.2, 0.25) is 0 Å². The zero-order chi connectivity index (χ0) is 12.5. The molecular weight excluding hydrogens is 244 g/mol. The third-order valence-electron chi connectivity index (χ3n) is 4.34. The first kappa shape index (κ1) is 12.5. The van der Waals surface area contributed by atoms with Gasteiger partial charge in [-0.05, 0) is 44.0 Å². The van der Waals surface area contributed by atoms with E-state index in [1.165, 1.54) is 38.0 Å². The molecule has 2 atom stereocenters. The fourth-order valence-electron chi connectivity index (χ4n) is 3.34. The van der Waals surface area contributed by atoms with Crippen molar-refractivity contribution < 1.29 is 0 Å². The standard InChI is InChI=1S/C15H21ClN2/c1-12-9-17-7-3-6-15(17)11-18(12)10-13-4-2-5-14(16)8-13/h2,4-5,8,12,15H,3,6-7,9-11H2,1H3/t12-,15+/m0/s1. The van der Waals surface area contributed by atoms with Gasteiger partial charge in [-0.3, -0.25) is 9.80 Å². The van der Waals surface area contributed by atoms with E-state index in [1.54, 1.807) is 0 Å². The Labute approximate surface area is 115 Å². The number of piperazine rings is 1. The second kappa shape index (κ2) is 5.20. The molecule has 1 aromatic rings. The summed E-state index contributed by atoms with van der Waals surface area (Å²) in [6, 6.07) is 9.71. The summed E-state index contributed by atoms with van der Waals surface area (Å²) in [5, 5.41) is 0.847. The monoisotopic (exact) mass is 264 g/mol. The van der Waals surface area contributed by atoms with Crippen LogP contribution in [0.4, 0.5) is 0 Å². The average molecular weight is 265 g/mol. The third-order valence-corrected chi connectivity index (χ3v) is 4.58. The van der Waals surface area contributed by atoms with Crippen molar-refractivity contribution in [1.29, 1.82) is 0 Å². The fraction of sp³-hybridized carbons (Fsp3) is 0.600. The Hall–Kier alpha value is -0.570. The van der Waals surface area contributed by atoms with Gasteiger partial charge in [0.15, 0.2) is 0 Å². The average Bonchev–Trinajstić information content (AvgIpc) is 2.76. The number of rotatable bonds is 2. The Morgan fingerprint density at radius 2 is 2.22 bits per heavy atom. The molecular formula is C15H21ClN2. The maximum absolute atomic E-state index is 6.06. The maximum atomic E-state index is 6.06. The van der Waals surface area contributed by atoms with E-state index in [9.17, 15) is 0 Å². The molecule has 0 spiro atoms. The van der Waals surface area contributed by atoms with Crippen molar-refractivity contribution in [3.63, 3.8) is 0 Å². The minimum atomic E-state index is 0.651. The van der Waals surface area contributed by atoms with Crippen molar-refractivity contribution in [2.45, 2.75) is 38.4 Å². The quantitative estimate of drug-likeness (QED) is 0.810. The normalized spacial score (nSPS) is 29.4. The Morgan fingerprint density at radius 3 is 3.06 bits per heavy atom. The number of hydrogen-bond acceptors (Lipinski definition) is 2. The molecule has 2 fully saturated rings. The van der Waals surface area contributed by atoms with Crippen molar-refractivity contribution in [3.8, 4) is 0 Å². The molecule has 18 heavy (non-hydrogen) atoms. The minimum Gasteiger partial charge on any atom is -0.298 e. The molecule has 0 radical (unpaired) electrons. The number of nitrogens with zero attached hydrogens (tertiary/aromatic N) is 2. The Kier molecular flexibility index (Phi) is 3.60. The van der Waals surface area contributed by atoms with E-state index in [-0.39, 0.29) is 0 Å². The highest BCUT2D eigenvalue weighted by Gasteiger charge is 2.34. The molecule has 0 N–H and O–H groups in total. The number of halogens is 1. The predicted octanol–water partition coefficient (Wildman–Crippen LogP) is 3.01. The summed E-state index contributed by atoms with van der Waals surface area (Å²) in [5.41, 5.74) is 1.33. The van der Waals surface area contributed by atoms with Crippen molar-refractivity contribution in [2.75, 3.05) is 19.6 Å². The Balaban J connectivity index is 1.68. The lowest BCUT2D eigenvalue weighted by Crippen LogP contribution is -2.54. The molecule has 3 rings (SSSR count). The highest BCUT2D eigenvalue weighted by Crippen LogP contribution is 2.26. The van der Waals surface area contributed by atoms with Gasteiger partial charge in [0.25, 0.3) is 0 Å². The van der Waals surface area contributed by atoms with E-state index < -0.39 is 0 Å². The SMILES string of the molecule is C[C@H]1CN2CCC[C@@H]2CN1Cc1cccc(Cl)c1. The van der Waals surface area contributed by atoms with Crippen LogP contribution in [0.1, 0.15) is 25.3 Å². The molecule has 98 valence electrons. The molecule has 0 aliphatic carbocycles. The molecule has 0 amide bonds. The zero-order valence-corrected chi connectivity index (χ0v) is 11.7. The van der Waals surface area contributed by atoms with Gasteiger partial charge in [-0.2, -0.15) is 0 Å². The highest BCUT2D eigenvalue weighted by molar-refractivity contribution is 6.30. The van der Waals surface area contributed by atoms with Gasteiger partial charge >= 0.3 is 0 Å². The summed E-state index contributed by atoms with van der Waals surface area (Å²) in [6.45, 7) is 7.13. The summed E-state index contributed by atoms with van der Waals surface area (Å²) in [4.78, 5) is 5.28. The van der Waals surface area contributed by atoms with Crippen molar-refractivity contribution in [1.82, 2.24) is 9.80 Å². The summed E-state index contributed by atoms with van der Waals surface area (Å²) in [7, 11) is 0. The van der Waals surface area contributed by atoms with Gasteiger partial charge in [0, 0.05) is 36.7 Å². The van der Waals surface area contributed by atoms with Crippen LogP contribution >= 0.6 is 11.6 Å². The van der Waals surface area contributed by atoms with E-state index in [4.69, 9.17) is 11.6 Å². The highest BCUT2D eigenvalue weighted by atomic mass is 35.5. The summed E-state index contributed by atoms with van der Waals surface area (Å²) < 4.78 is 0. The van der Waals surface area contributed by atoms with E-state index in [1.807, 2.05) is 12.1 Å². The first-order valence-electron chi connectivity index (χ1n) is 6.95. The molecule has 2 saturated heterocycles. The lowest BCUT2D eigenvalue weighted by molar-refractivity contribution is 0.0540. The van der Waals surface area contributed by atoms with Crippen molar-refractivity contribution in [2.24, 2.45) is 0 Å². The van der Waals surface area contributed by atoms with Crippen LogP contribution in [0.15, 0.2) is 24.3 Å². The van der Waals surface area contributed by atoms with Crippen LogP contribution in [0.25, 0.3) is 0 Å². The molecule has 0 bridgehead atoms. The maximum Gasteiger partial charge on any atom is 0.0409 e. The molecule has 0 aromatic heterocycles. The number of benzene rings is 1. The van der Waals surface area contributed by atoms with Gasteiger partial charge in [0.1, 0.15) is 0 Å². The summed E-state index contributed by atoms with van der Waals surface area (Å²) >= 11 is 6.06. The smallest absolute Gasteiger partial charge is 0.0409 e. The topological polar surface area (TPSA) is 6.48 Å². The molecule has 3 heteroatoms. The van der Waals surface area contributed by atoms with E-state index in [0.29, 0.717) is 6.04 Å². The molecule has 2 heterocycles. The van der Waals surface area contributed by atoms with E-state index in [2.05, 4.69) is 28.9 Å². The Morgan fingerprint density at radius 1 is 1.33 bits per heavy atom. The molecule has 0 saturated carbocycles. The lowest BCUT2D eigenvalue weighted by atomic mass is 10.1. The van der Waals surface area contributed by atoms with Crippen LogP contribution in [0, 0.1) is 0 Å². The minimum absolute atomic E-state index is 0.651. The first-order chi connectivity index (χ1) is 8.72. The van der Waals surface area contributed by atoms with Gasteiger partial charge in [-0.15, -0.1) is 0 Å². The van der Waals surface area contributed by atoms with Crippen LogP contribution < -0.4 is 0 Å². The number of hydrogen-bond donors (Lipinski definition) is 0. The van der Waals surface area contributed by atoms with Gasteiger partial charge < -0.3 is 0 Å². The van der Waals surface area contributed by atoms with Gasteiger partial charge in [-0.25, -0.2) is 0 Å². The molecule has 2 aliphatic heterocycles. The molecule has 1 aromatic carbocycles. The van der Waals surface area contributed by atoms with Crippen molar-refractivity contribution in [3.05, 3.63) is 34.9 Å². The van der Waals surface area contributed by atoms with E-state index >= 15 is 0 Å². The Bertz CT molecular complexity index is 421. The largest absolute Gasteiger partial charge is 0.298 e. The van der Waals surface area contributed by atoms with Crippen molar-refractivity contribution >= 4 is 11.6 Å². The van der Waals surface area contributed by atoms with Crippen LogP contribution in [-0.4, -0.2) is 41.5 Å². The van der Waals surface area contributed by atoms with Crippen LogP contribution in [0.5, 0.6) is 0 Å². The third kappa shape index (κ3) is 2.56. The fourth-order valence-corrected chi connectivity index (χ4v) is 3.55. The zero-order valence-electron chi connectivity index (χ0n) is 11.0. The van der Waals surface area contributed by atoms with E-state index in [0.717, 1.165) is 17.6 Å².